The van der Waals surface area contributed by atoms with Crippen LogP contribution in [0.25, 0.3) is 0 Å². The summed E-state index contributed by atoms with van der Waals surface area (Å²) in [5.41, 5.74) is 4.03. The highest BCUT2D eigenvalue weighted by molar-refractivity contribution is 7.89. The lowest BCUT2D eigenvalue weighted by molar-refractivity contribution is -0.153. The van der Waals surface area contributed by atoms with Gasteiger partial charge >= 0.3 is 5.97 Å². The summed E-state index contributed by atoms with van der Waals surface area (Å²) in [6.07, 6.45) is 3.78. The molecule has 11 heteroatoms. The van der Waals surface area contributed by atoms with Crippen molar-refractivity contribution in [1.82, 2.24) is 14.9 Å². The van der Waals surface area contributed by atoms with E-state index in [1.807, 2.05) is 0 Å². The molecule has 34 heavy (non-hydrogen) atoms. The number of rotatable bonds is 6. The first-order valence-electron chi connectivity index (χ1n) is 11.8. The van der Waals surface area contributed by atoms with Crippen molar-refractivity contribution < 1.29 is 27.3 Å². The number of hydrogen-bond acceptors (Lipinski definition) is 8. The molecule has 10 nitrogen and oxygen atoms in total. The zero-order valence-corrected chi connectivity index (χ0v) is 21.3. The summed E-state index contributed by atoms with van der Waals surface area (Å²) in [7, 11) is -3.74. The van der Waals surface area contributed by atoms with E-state index in [0.29, 0.717) is 24.5 Å². The summed E-state index contributed by atoms with van der Waals surface area (Å²) in [5.74, 6) is -0.593. The first kappa shape index (κ1) is 24.8. The number of carbonyl (C=O) groups is 2. The average Bonchev–Trinajstić information content (AvgIpc) is 3.32. The van der Waals surface area contributed by atoms with Gasteiger partial charge in [-0.15, -0.1) is 0 Å². The van der Waals surface area contributed by atoms with E-state index in [1.165, 1.54) is 10.7 Å². The number of fused-ring (bicyclic) bond motifs is 2. The molecule has 2 bridgehead atoms. The predicted molar refractivity (Wildman–Crippen MR) is 123 cm³/mol. The second kappa shape index (κ2) is 8.75. The van der Waals surface area contributed by atoms with Crippen molar-refractivity contribution in [3.05, 3.63) is 11.5 Å². The summed E-state index contributed by atoms with van der Waals surface area (Å²) in [6.45, 7) is 9.85. The van der Waals surface area contributed by atoms with E-state index < -0.39 is 34.4 Å². The molecule has 2 heterocycles. The van der Waals surface area contributed by atoms with E-state index in [9.17, 15) is 18.0 Å². The summed E-state index contributed by atoms with van der Waals surface area (Å²) in [6, 6.07) is 0. The van der Waals surface area contributed by atoms with Gasteiger partial charge in [0, 0.05) is 24.2 Å². The fourth-order valence-electron chi connectivity index (χ4n) is 5.82. The number of hydrazone groups is 1. The van der Waals surface area contributed by atoms with Crippen LogP contribution in [0.3, 0.4) is 0 Å². The Hall–Kier alpha value is -2.27. The first-order chi connectivity index (χ1) is 15.9. The van der Waals surface area contributed by atoms with Crippen molar-refractivity contribution >= 4 is 27.6 Å². The minimum atomic E-state index is -3.74. The molecule has 0 spiro atoms. The van der Waals surface area contributed by atoms with Crippen LogP contribution >= 0.6 is 0 Å². The zero-order valence-electron chi connectivity index (χ0n) is 20.5. The van der Waals surface area contributed by atoms with Crippen molar-refractivity contribution in [3.8, 4) is 0 Å². The van der Waals surface area contributed by atoms with Crippen LogP contribution in [0.4, 0.5) is 0 Å². The molecule has 1 aliphatic heterocycles. The van der Waals surface area contributed by atoms with Crippen molar-refractivity contribution in [1.29, 1.82) is 0 Å². The topological polar surface area (TPSA) is 131 Å². The summed E-state index contributed by atoms with van der Waals surface area (Å²) >= 11 is 0. The average molecular weight is 495 g/mol. The molecule has 1 aromatic rings. The van der Waals surface area contributed by atoms with E-state index in [-0.39, 0.29) is 34.6 Å². The van der Waals surface area contributed by atoms with Crippen LogP contribution in [-0.4, -0.2) is 55.2 Å². The number of nitrogens with one attached hydrogen (secondary N) is 1. The smallest absolute Gasteiger partial charge is 0.309 e. The third kappa shape index (κ3) is 4.06. The molecule has 0 aromatic carbocycles. The number of hydrogen-bond donors (Lipinski definition) is 1. The highest BCUT2D eigenvalue weighted by atomic mass is 32.2. The van der Waals surface area contributed by atoms with E-state index in [0.717, 1.165) is 18.6 Å². The monoisotopic (exact) mass is 494 g/mol. The number of piperidine rings is 1. The number of sulfonamides is 1. The van der Waals surface area contributed by atoms with Gasteiger partial charge in [0.2, 0.25) is 10.0 Å². The minimum Gasteiger partial charge on any atom is -0.455 e. The Morgan fingerprint density at radius 1 is 1.21 bits per heavy atom. The first-order valence-corrected chi connectivity index (χ1v) is 13.3. The molecule has 1 aromatic heterocycles. The molecule has 1 saturated heterocycles. The van der Waals surface area contributed by atoms with Crippen LogP contribution in [0.1, 0.15) is 64.3 Å². The lowest BCUT2D eigenvalue weighted by atomic mass is 9.70. The molecular formula is C23H34N4O6S. The normalized spacial score (nSPS) is 28.4. The van der Waals surface area contributed by atoms with Gasteiger partial charge in [0.05, 0.1) is 5.92 Å². The van der Waals surface area contributed by atoms with Gasteiger partial charge in [0.25, 0.3) is 5.91 Å². The van der Waals surface area contributed by atoms with Crippen LogP contribution in [0.2, 0.25) is 0 Å². The summed E-state index contributed by atoms with van der Waals surface area (Å²) < 4.78 is 37.4. The summed E-state index contributed by atoms with van der Waals surface area (Å²) in [4.78, 5) is 24.8. The lowest BCUT2D eigenvalue weighted by Gasteiger charge is -2.34. The van der Waals surface area contributed by atoms with Gasteiger partial charge < -0.3 is 9.26 Å². The van der Waals surface area contributed by atoms with Gasteiger partial charge in [-0.05, 0) is 57.3 Å². The van der Waals surface area contributed by atoms with Crippen LogP contribution in [0, 0.1) is 36.5 Å². The van der Waals surface area contributed by atoms with Crippen molar-refractivity contribution in [2.45, 2.75) is 71.6 Å². The molecule has 2 aliphatic carbocycles. The Morgan fingerprint density at radius 2 is 1.88 bits per heavy atom. The van der Waals surface area contributed by atoms with Crippen molar-refractivity contribution in [3.63, 3.8) is 0 Å². The molecule has 3 aliphatic rings. The largest absolute Gasteiger partial charge is 0.455 e. The number of amides is 1. The van der Waals surface area contributed by atoms with E-state index in [4.69, 9.17) is 9.26 Å². The number of ether oxygens (including phenoxy) is 1. The fourth-order valence-corrected chi connectivity index (χ4v) is 7.58. The number of aromatic nitrogens is 1. The number of aryl methyl sites for hydroxylation is 2. The van der Waals surface area contributed by atoms with Gasteiger partial charge in [-0.2, -0.15) is 9.41 Å². The quantitative estimate of drug-likeness (QED) is 0.475. The molecule has 3 fully saturated rings. The SMILES string of the molecule is Cc1noc(C)c1S(=O)(=O)N1CCC(C(=O)OCC(=O)N/N=C2\CC3CCC2(C)C3(C)C)CC1. The third-order valence-electron chi connectivity index (χ3n) is 8.53. The summed E-state index contributed by atoms with van der Waals surface area (Å²) in [5, 5.41) is 8.10. The molecular weight excluding hydrogens is 460 g/mol. The maximum Gasteiger partial charge on any atom is 0.309 e. The third-order valence-corrected chi connectivity index (χ3v) is 10.7. The minimum absolute atomic E-state index is 0.0144. The van der Waals surface area contributed by atoms with Crippen LogP contribution in [0.5, 0.6) is 0 Å². The van der Waals surface area contributed by atoms with Gasteiger partial charge in [-0.25, -0.2) is 13.8 Å². The standard InChI is InChI=1S/C23H34N4O6S/c1-14-20(15(2)33-26-14)34(30,31)27-10-7-16(8-11-27)21(29)32-13-19(28)25-24-18-12-17-6-9-23(18,5)22(17,3)4/h16-17H,6-13H2,1-5H3,(H,25,28)/b24-18+. The molecule has 2 atom stereocenters. The maximum atomic E-state index is 12.9. The van der Waals surface area contributed by atoms with Crippen LogP contribution in [0.15, 0.2) is 14.5 Å². The second-order valence-corrected chi connectivity index (χ2v) is 12.4. The molecule has 188 valence electrons. The van der Waals surface area contributed by atoms with E-state index in [1.54, 1.807) is 13.8 Å². The number of carbonyl (C=O) groups excluding carboxylic acids is 2. The Balaban J connectivity index is 1.25. The van der Waals surface area contributed by atoms with Crippen LogP contribution < -0.4 is 5.43 Å². The van der Waals surface area contributed by atoms with Crippen molar-refractivity contribution in [2.24, 2.45) is 27.8 Å². The molecule has 1 N–H and O–H groups in total. The predicted octanol–water partition coefficient (Wildman–Crippen LogP) is 2.55. The molecule has 0 radical (unpaired) electrons. The molecule has 4 rings (SSSR count). The maximum absolute atomic E-state index is 12.9. The van der Waals surface area contributed by atoms with Gasteiger partial charge in [0.15, 0.2) is 12.4 Å². The Labute approximate surface area is 200 Å². The highest BCUT2D eigenvalue weighted by Crippen LogP contribution is 2.63. The molecule has 1 amide bonds. The fraction of sp³-hybridized carbons (Fsp3) is 0.739. The van der Waals surface area contributed by atoms with Gasteiger partial charge in [-0.3, -0.25) is 9.59 Å². The lowest BCUT2D eigenvalue weighted by Crippen LogP contribution is -2.41. The van der Waals surface area contributed by atoms with Gasteiger partial charge in [0.1, 0.15) is 10.6 Å². The number of esters is 1. The second-order valence-electron chi connectivity index (χ2n) is 10.5. The Bertz CT molecular complexity index is 1100. The molecule has 2 unspecified atom stereocenters. The van der Waals surface area contributed by atoms with Crippen molar-refractivity contribution in [2.75, 3.05) is 19.7 Å². The Kier molecular flexibility index (Phi) is 6.39. The van der Waals surface area contributed by atoms with E-state index >= 15 is 0 Å². The molecule has 2 saturated carbocycles. The Morgan fingerprint density at radius 3 is 2.41 bits per heavy atom. The zero-order chi connectivity index (χ0) is 24.9. The highest BCUT2D eigenvalue weighted by Gasteiger charge is 2.60. The van der Waals surface area contributed by atoms with Crippen LogP contribution in [-0.2, 0) is 24.3 Å². The van der Waals surface area contributed by atoms with E-state index in [2.05, 4.69) is 36.5 Å². The van der Waals surface area contributed by atoms with Gasteiger partial charge in [-0.1, -0.05) is 25.9 Å². The number of nitrogens with zero attached hydrogens (tertiary/aromatic N) is 3.